The van der Waals surface area contributed by atoms with Gasteiger partial charge in [0.1, 0.15) is 5.75 Å². The fourth-order valence-corrected chi connectivity index (χ4v) is 3.53. The van der Waals surface area contributed by atoms with Crippen LogP contribution in [0, 0.1) is 0 Å². The van der Waals surface area contributed by atoms with Crippen molar-refractivity contribution >= 4 is 22.4 Å². The van der Waals surface area contributed by atoms with Crippen LogP contribution in [0.2, 0.25) is 5.02 Å². The normalized spacial score (nSPS) is 10.9. The van der Waals surface area contributed by atoms with Crippen LogP contribution in [0.15, 0.2) is 48.5 Å². The van der Waals surface area contributed by atoms with Gasteiger partial charge in [-0.05, 0) is 34.9 Å². The maximum Gasteiger partial charge on any atom is 0.162 e. The van der Waals surface area contributed by atoms with Crippen molar-refractivity contribution in [2.24, 2.45) is 0 Å². The van der Waals surface area contributed by atoms with Gasteiger partial charge in [0, 0.05) is 29.7 Å². The van der Waals surface area contributed by atoms with E-state index in [9.17, 15) is 0 Å². The first-order valence-electron chi connectivity index (χ1n) is 9.92. The number of nitrogens with one attached hydrogen (secondary N) is 1. The van der Waals surface area contributed by atoms with Crippen molar-refractivity contribution < 1.29 is 14.2 Å². The van der Waals surface area contributed by atoms with E-state index in [1.165, 1.54) is 10.8 Å². The molecule has 0 saturated carbocycles. The van der Waals surface area contributed by atoms with E-state index in [-0.39, 0.29) is 0 Å². The second kappa shape index (κ2) is 10.4. The van der Waals surface area contributed by atoms with Crippen LogP contribution < -0.4 is 19.5 Å². The summed E-state index contributed by atoms with van der Waals surface area (Å²) in [4.78, 5) is 0. The first kappa shape index (κ1) is 21.3. The molecule has 0 atom stereocenters. The molecule has 0 heterocycles. The molecule has 5 heteroatoms. The Hall–Kier alpha value is -2.43. The van der Waals surface area contributed by atoms with E-state index < -0.39 is 0 Å². The van der Waals surface area contributed by atoms with Crippen molar-refractivity contribution in [3.63, 3.8) is 0 Å². The summed E-state index contributed by atoms with van der Waals surface area (Å²) in [5, 5.41) is 6.56. The van der Waals surface area contributed by atoms with Gasteiger partial charge >= 0.3 is 0 Å². The third-order valence-electron chi connectivity index (χ3n) is 4.92. The zero-order valence-electron chi connectivity index (χ0n) is 17.3. The number of fused-ring (bicyclic) bond motifs is 1. The number of benzene rings is 3. The summed E-state index contributed by atoms with van der Waals surface area (Å²) >= 11 is 6.43. The third kappa shape index (κ3) is 5.14. The Kier molecular flexibility index (Phi) is 7.62. The molecule has 0 unspecified atom stereocenters. The van der Waals surface area contributed by atoms with Crippen LogP contribution in [0.5, 0.6) is 17.2 Å². The summed E-state index contributed by atoms with van der Waals surface area (Å²) in [6.45, 7) is 4.17. The van der Waals surface area contributed by atoms with Gasteiger partial charge in [0.25, 0.3) is 0 Å². The van der Waals surface area contributed by atoms with Crippen molar-refractivity contribution in [3.05, 3.63) is 64.7 Å². The van der Waals surface area contributed by atoms with Crippen LogP contribution in [0.25, 0.3) is 10.8 Å². The van der Waals surface area contributed by atoms with Gasteiger partial charge in [-0.2, -0.15) is 0 Å². The lowest BCUT2D eigenvalue weighted by atomic mass is 10.0. The smallest absolute Gasteiger partial charge is 0.162 e. The highest BCUT2D eigenvalue weighted by Gasteiger charge is 2.12. The Morgan fingerprint density at radius 2 is 1.66 bits per heavy atom. The molecule has 0 radical (unpaired) electrons. The number of unbranched alkanes of at least 4 members (excludes halogenated alkanes) is 1. The molecule has 4 nitrogen and oxygen atoms in total. The maximum atomic E-state index is 6.43. The molecule has 1 N–H and O–H groups in total. The predicted molar refractivity (Wildman–Crippen MR) is 119 cm³/mol. The Morgan fingerprint density at radius 3 is 2.41 bits per heavy atom. The van der Waals surface area contributed by atoms with Crippen LogP contribution in [0.3, 0.4) is 0 Å². The Bertz CT molecular complexity index is 958. The molecule has 3 aromatic carbocycles. The number of hydrogen-bond donors (Lipinski definition) is 1. The molecule has 0 saturated heterocycles. The first-order valence-corrected chi connectivity index (χ1v) is 10.3. The van der Waals surface area contributed by atoms with Crippen molar-refractivity contribution in [2.75, 3.05) is 20.8 Å². The van der Waals surface area contributed by atoms with E-state index in [1.54, 1.807) is 20.3 Å². The second-order valence-electron chi connectivity index (χ2n) is 6.87. The third-order valence-corrected chi connectivity index (χ3v) is 5.27. The van der Waals surface area contributed by atoms with Gasteiger partial charge in [-0.25, -0.2) is 0 Å². The van der Waals surface area contributed by atoms with Gasteiger partial charge in [0.15, 0.2) is 11.5 Å². The number of rotatable bonds is 10. The molecule has 0 aliphatic rings. The lowest BCUT2D eigenvalue weighted by Gasteiger charge is -2.16. The predicted octanol–water partition coefficient (Wildman–Crippen LogP) is 5.98. The second-order valence-corrected chi connectivity index (χ2v) is 7.27. The van der Waals surface area contributed by atoms with E-state index in [0.717, 1.165) is 36.3 Å². The topological polar surface area (TPSA) is 39.7 Å². The van der Waals surface area contributed by atoms with Crippen LogP contribution in [0.4, 0.5) is 0 Å². The lowest BCUT2D eigenvalue weighted by molar-refractivity contribution is 0.306. The van der Waals surface area contributed by atoms with Gasteiger partial charge in [-0.15, -0.1) is 0 Å². The number of hydrogen-bond acceptors (Lipinski definition) is 4. The monoisotopic (exact) mass is 413 g/mol. The minimum absolute atomic E-state index is 0.608. The van der Waals surface area contributed by atoms with Gasteiger partial charge in [0.2, 0.25) is 0 Å². The van der Waals surface area contributed by atoms with Crippen LogP contribution in [-0.2, 0) is 13.1 Å². The van der Waals surface area contributed by atoms with Crippen LogP contribution in [-0.4, -0.2) is 20.8 Å². The molecule has 3 aromatic rings. The highest BCUT2D eigenvalue weighted by molar-refractivity contribution is 6.31. The average molecular weight is 414 g/mol. The van der Waals surface area contributed by atoms with Gasteiger partial charge in [0.05, 0.1) is 20.8 Å². The van der Waals surface area contributed by atoms with E-state index in [2.05, 4.69) is 48.6 Å². The fourth-order valence-electron chi connectivity index (χ4n) is 3.31. The van der Waals surface area contributed by atoms with Crippen molar-refractivity contribution in [1.82, 2.24) is 5.32 Å². The lowest BCUT2D eigenvalue weighted by Crippen LogP contribution is -2.15. The zero-order valence-corrected chi connectivity index (χ0v) is 18.0. The summed E-state index contributed by atoms with van der Waals surface area (Å²) in [6, 6.07) is 16.3. The van der Waals surface area contributed by atoms with E-state index in [4.69, 9.17) is 25.8 Å². The standard InChI is InChI=1S/C24H28ClNO3/c1-4-5-12-29-22-11-10-17-8-6-7-9-19(17)20(22)16-26-15-18-13-23(27-2)24(28-3)14-21(18)25/h6-11,13-14,26H,4-5,12,15-16H2,1-3H3. The quantitative estimate of drug-likeness (QED) is 0.415. The summed E-state index contributed by atoms with van der Waals surface area (Å²) in [7, 11) is 3.23. The molecule has 0 aromatic heterocycles. The van der Waals surface area contributed by atoms with E-state index in [1.807, 2.05) is 6.07 Å². The molecular formula is C24H28ClNO3. The van der Waals surface area contributed by atoms with Gasteiger partial charge in [-0.3, -0.25) is 0 Å². The van der Waals surface area contributed by atoms with Crippen molar-refractivity contribution in [1.29, 1.82) is 0 Å². The molecule has 0 aliphatic heterocycles. The molecular weight excluding hydrogens is 386 g/mol. The molecule has 0 amide bonds. The maximum absolute atomic E-state index is 6.43. The molecule has 0 bridgehead atoms. The van der Waals surface area contributed by atoms with Crippen molar-refractivity contribution in [3.8, 4) is 17.2 Å². The fraction of sp³-hybridized carbons (Fsp3) is 0.333. The number of halogens is 1. The number of methoxy groups -OCH3 is 2. The Balaban J connectivity index is 1.80. The molecule has 29 heavy (non-hydrogen) atoms. The Labute approximate surface area is 177 Å². The van der Waals surface area contributed by atoms with Crippen LogP contribution >= 0.6 is 11.6 Å². The summed E-state index contributed by atoms with van der Waals surface area (Å²) < 4.78 is 16.8. The highest BCUT2D eigenvalue weighted by atomic mass is 35.5. The summed E-state index contributed by atoms with van der Waals surface area (Å²) in [5.74, 6) is 2.23. The number of ether oxygens (including phenoxy) is 3. The van der Waals surface area contributed by atoms with E-state index >= 15 is 0 Å². The highest BCUT2D eigenvalue weighted by Crippen LogP contribution is 2.33. The summed E-state index contributed by atoms with van der Waals surface area (Å²) in [5.41, 5.74) is 2.12. The van der Waals surface area contributed by atoms with Crippen LogP contribution in [0.1, 0.15) is 30.9 Å². The minimum Gasteiger partial charge on any atom is -0.493 e. The Morgan fingerprint density at radius 1 is 0.897 bits per heavy atom. The van der Waals surface area contributed by atoms with Gasteiger partial charge in [-0.1, -0.05) is 55.3 Å². The molecule has 0 fully saturated rings. The zero-order chi connectivity index (χ0) is 20.6. The van der Waals surface area contributed by atoms with Gasteiger partial charge < -0.3 is 19.5 Å². The molecule has 0 spiro atoms. The van der Waals surface area contributed by atoms with E-state index in [0.29, 0.717) is 29.6 Å². The van der Waals surface area contributed by atoms with Crippen molar-refractivity contribution in [2.45, 2.75) is 32.9 Å². The molecule has 0 aliphatic carbocycles. The molecule has 154 valence electrons. The largest absolute Gasteiger partial charge is 0.493 e. The average Bonchev–Trinajstić information content (AvgIpc) is 2.75. The minimum atomic E-state index is 0.608. The summed E-state index contributed by atoms with van der Waals surface area (Å²) in [6.07, 6.45) is 2.15. The first-order chi connectivity index (χ1) is 14.2. The SMILES string of the molecule is CCCCOc1ccc2ccccc2c1CNCc1cc(OC)c(OC)cc1Cl. The molecule has 3 rings (SSSR count).